The van der Waals surface area contributed by atoms with Crippen LogP contribution in [0.2, 0.25) is 0 Å². The lowest BCUT2D eigenvalue weighted by molar-refractivity contribution is 0.0950. The molecule has 0 radical (unpaired) electrons. The number of nitrogens with zero attached hydrogens (tertiary/aromatic N) is 2. The highest BCUT2D eigenvalue weighted by atomic mass is 16.5. The van der Waals surface area contributed by atoms with E-state index in [-0.39, 0.29) is 12.5 Å². The maximum Gasteiger partial charge on any atom is 0.253 e. The van der Waals surface area contributed by atoms with Crippen LogP contribution in [0.1, 0.15) is 21.7 Å². The maximum atomic E-state index is 11.8. The van der Waals surface area contributed by atoms with E-state index in [9.17, 15) is 4.79 Å². The molecule has 3 N–H and O–H groups in total. The molecule has 0 saturated carbocycles. The molecule has 2 aromatic rings. The molecular weight excluding hydrogens is 220 g/mol. The Kier molecular flexibility index (Phi) is 3.04. The largest absolute Gasteiger partial charge is 0.398 e. The monoisotopic (exact) mass is 232 g/mol. The van der Waals surface area contributed by atoms with Gasteiger partial charge in [-0.2, -0.15) is 4.98 Å². The van der Waals surface area contributed by atoms with Gasteiger partial charge in [-0.25, -0.2) is 0 Å². The minimum Gasteiger partial charge on any atom is -0.398 e. The first-order valence-electron chi connectivity index (χ1n) is 5.07. The van der Waals surface area contributed by atoms with Crippen LogP contribution in [-0.4, -0.2) is 16.0 Å². The molecule has 6 nitrogen and oxygen atoms in total. The SMILES string of the molecule is Cc1cccc(C(=O)NCc2ncon2)c1N. The van der Waals surface area contributed by atoms with Crippen LogP contribution in [0.25, 0.3) is 0 Å². The lowest BCUT2D eigenvalue weighted by Gasteiger charge is -2.07. The van der Waals surface area contributed by atoms with Crippen LogP contribution in [0.5, 0.6) is 0 Å². The predicted octanol–water partition coefficient (Wildman–Crippen LogP) is 0.890. The molecule has 0 aliphatic heterocycles. The van der Waals surface area contributed by atoms with E-state index < -0.39 is 0 Å². The number of aromatic nitrogens is 2. The second-order valence-corrected chi connectivity index (χ2v) is 3.57. The Morgan fingerprint density at radius 3 is 3.06 bits per heavy atom. The number of para-hydroxylation sites is 1. The highest BCUT2D eigenvalue weighted by molar-refractivity contribution is 5.99. The van der Waals surface area contributed by atoms with Gasteiger partial charge >= 0.3 is 0 Å². The number of carbonyl (C=O) groups excluding carboxylic acids is 1. The minimum absolute atomic E-state index is 0.211. The number of carbonyl (C=O) groups is 1. The van der Waals surface area contributed by atoms with Gasteiger partial charge in [0.05, 0.1) is 12.1 Å². The Morgan fingerprint density at radius 2 is 2.35 bits per heavy atom. The summed E-state index contributed by atoms with van der Waals surface area (Å²) in [5.41, 5.74) is 7.63. The average Bonchev–Trinajstić information content (AvgIpc) is 2.82. The first-order chi connectivity index (χ1) is 8.18. The van der Waals surface area contributed by atoms with E-state index in [2.05, 4.69) is 20.0 Å². The van der Waals surface area contributed by atoms with Gasteiger partial charge in [-0.3, -0.25) is 4.79 Å². The van der Waals surface area contributed by atoms with Gasteiger partial charge in [-0.15, -0.1) is 0 Å². The normalized spacial score (nSPS) is 10.2. The number of benzene rings is 1. The van der Waals surface area contributed by atoms with Crippen molar-refractivity contribution in [2.45, 2.75) is 13.5 Å². The molecule has 0 saturated heterocycles. The van der Waals surface area contributed by atoms with Crippen LogP contribution in [-0.2, 0) is 6.54 Å². The van der Waals surface area contributed by atoms with Crippen molar-refractivity contribution in [3.63, 3.8) is 0 Å². The summed E-state index contributed by atoms with van der Waals surface area (Å²) in [6, 6.07) is 5.31. The third kappa shape index (κ3) is 2.41. The average molecular weight is 232 g/mol. The van der Waals surface area contributed by atoms with Gasteiger partial charge in [-0.05, 0) is 18.6 Å². The van der Waals surface area contributed by atoms with Gasteiger partial charge in [0, 0.05) is 5.69 Å². The van der Waals surface area contributed by atoms with Crippen molar-refractivity contribution >= 4 is 11.6 Å². The third-order valence-corrected chi connectivity index (χ3v) is 2.38. The van der Waals surface area contributed by atoms with Gasteiger partial charge in [-0.1, -0.05) is 17.3 Å². The van der Waals surface area contributed by atoms with Gasteiger partial charge < -0.3 is 15.6 Å². The molecule has 1 amide bonds. The second-order valence-electron chi connectivity index (χ2n) is 3.57. The van der Waals surface area contributed by atoms with Crippen LogP contribution in [0.15, 0.2) is 29.1 Å². The van der Waals surface area contributed by atoms with E-state index in [1.54, 1.807) is 12.1 Å². The fourth-order valence-corrected chi connectivity index (χ4v) is 1.40. The smallest absolute Gasteiger partial charge is 0.253 e. The standard InChI is InChI=1S/C11H12N4O2/c1-7-3-2-4-8(10(7)12)11(16)13-5-9-14-6-17-15-9/h2-4,6H,5,12H2,1H3,(H,13,16). The molecule has 6 heteroatoms. The van der Waals surface area contributed by atoms with Crippen molar-refractivity contribution < 1.29 is 9.32 Å². The number of amides is 1. The molecule has 1 aromatic heterocycles. The first-order valence-corrected chi connectivity index (χ1v) is 5.07. The topological polar surface area (TPSA) is 94.0 Å². The molecule has 0 unspecified atom stereocenters. The number of nitrogens with one attached hydrogen (secondary N) is 1. The number of hydrogen-bond donors (Lipinski definition) is 2. The molecule has 0 aliphatic carbocycles. The minimum atomic E-state index is -0.254. The number of rotatable bonds is 3. The van der Waals surface area contributed by atoms with Gasteiger partial charge in [0.2, 0.25) is 6.39 Å². The quantitative estimate of drug-likeness (QED) is 0.766. The molecular formula is C11H12N4O2. The van der Waals surface area contributed by atoms with E-state index in [0.717, 1.165) is 5.56 Å². The molecule has 0 bridgehead atoms. The summed E-state index contributed by atoms with van der Waals surface area (Å²) in [6.07, 6.45) is 1.21. The van der Waals surface area contributed by atoms with Gasteiger partial charge in [0.25, 0.3) is 5.91 Å². The Labute approximate surface area is 97.8 Å². The fourth-order valence-electron chi connectivity index (χ4n) is 1.40. The zero-order chi connectivity index (χ0) is 12.3. The van der Waals surface area contributed by atoms with Crippen LogP contribution < -0.4 is 11.1 Å². The molecule has 1 aromatic carbocycles. The zero-order valence-electron chi connectivity index (χ0n) is 9.30. The molecule has 88 valence electrons. The summed E-state index contributed by atoms with van der Waals surface area (Å²) in [6.45, 7) is 2.06. The molecule has 0 spiro atoms. The van der Waals surface area contributed by atoms with Crippen LogP contribution in [0.4, 0.5) is 5.69 Å². The molecule has 1 heterocycles. The maximum absolute atomic E-state index is 11.8. The Bertz CT molecular complexity index is 522. The lowest BCUT2D eigenvalue weighted by Crippen LogP contribution is -2.24. The Balaban J connectivity index is 2.07. The number of aryl methyl sites for hydroxylation is 1. The molecule has 17 heavy (non-hydrogen) atoms. The summed E-state index contributed by atoms with van der Waals surface area (Å²) in [7, 11) is 0. The summed E-state index contributed by atoms with van der Waals surface area (Å²) in [4.78, 5) is 15.6. The van der Waals surface area contributed by atoms with Crippen molar-refractivity contribution in [3.8, 4) is 0 Å². The van der Waals surface area contributed by atoms with Crippen molar-refractivity contribution in [2.24, 2.45) is 0 Å². The number of nitrogen functional groups attached to an aromatic ring is 1. The van der Waals surface area contributed by atoms with Crippen molar-refractivity contribution in [1.82, 2.24) is 15.5 Å². The zero-order valence-corrected chi connectivity index (χ0v) is 9.30. The fraction of sp³-hybridized carbons (Fsp3) is 0.182. The molecule has 0 fully saturated rings. The van der Waals surface area contributed by atoms with Crippen LogP contribution >= 0.6 is 0 Å². The summed E-state index contributed by atoms with van der Waals surface area (Å²) >= 11 is 0. The number of hydrogen-bond acceptors (Lipinski definition) is 5. The van der Waals surface area contributed by atoms with E-state index in [1.165, 1.54) is 6.39 Å². The van der Waals surface area contributed by atoms with Gasteiger partial charge in [0.1, 0.15) is 0 Å². The highest BCUT2D eigenvalue weighted by Crippen LogP contribution is 2.16. The van der Waals surface area contributed by atoms with Crippen LogP contribution in [0.3, 0.4) is 0 Å². The molecule has 0 atom stereocenters. The van der Waals surface area contributed by atoms with E-state index in [0.29, 0.717) is 17.1 Å². The Morgan fingerprint density at radius 1 is 1.53 bits per heavy atom. The van der Waals surface area contributed by atoms with E-state index in [4.69, 9.17) is 5.73 Å². The van der Waals surface area contributed by atoms with Crippen LogP contribution in [0, 0.1) is 6.92 Å². The summed E-state index contributed by atoms with van der Waals surface area (Å²) < 4.78 is 4.56. The van der Waals surface area contributed by atoms with E-state index >= 15 is 0 Å². The number of nitrogens with two attached hydrogens (primary N) is 1. The first kappa shape index (κ1) is 11.1. The molecule has 2 rings (SSSR count). The van der Waals surface area contributed by atoms with Crippen molar-refractivity contribution in [1.29, 1.82) is 0 Å². The van der Waals surface area contributed by atoms with Gasteiger partial charge in [0.15, 0.2) is 5.82 Å². The lowest BCUT2D eigenvalue weighted by atomic mass is 10.1. The molecule has 0 aliphatic rings. The van der Waals surface area contributed by atoms with E-state index in [1.807, 2.05) is 13.0 Å². The van der Waals surface area contributed by atoms with Crippen molar-refractivity contribution in [3.05, 3.63) is 41.5 Å². The Hall–Kier alpha value is -2.37. The predicted molar refractivity (Wildman–Crippen MR) is 61.1 cm³/mol. The second kappa shape index (κ2) is 4.65. The van der Waals surface area contributed by atoms with Crippen molar-refractivity contribution in [2.75, 3.05) is 5.73 Å². The highest BCUT2D eigenvalue weighted by Gasteiger charge is 2.11. The summed E-state index contributed by atoms with van der Waals surface area (Å²) in [5.74, 6) is 0.167. The number of anilines is 1. The third-order valence-electron chi connectivity index (χ3n) is 2.38. The summed E-state index contributed by atoms with van der Waals surface area (Å²) in [5, 5.41) is 6.26.